The molecule has 0 saturated carbocycles. The van der Waals surface area contributed by atoms with Crippen LogP contribution in [0.5, 0.6) is 0 Å². The molecule has 0 spiro atoms. The third kappa shape index (κ3) is 2.90. The number of nitrogens with zero attached hydrogens (tertiary/aromatic N) is 2. The second kappa shape index (κ2) is 5.84. The minimum absolute atomic E-state index is 0.244. The lowest BCUT2D eigenvalue weighted by molar-refractivity contribution is -0.129. The number of carbonyl (C=O) groups is 1. The van der Waals surface area contributed by atoms with Gasteiger partial charge in [0.1, 0.15) is 5.82 Å². The van der Waals surface area contributed by atoms with Gasteiger partial charge in [-0.1, -0.05) is 18.2 Å². The number of likely N-dealkylation sites (tertiary alicyclic amines) is 1. The van der Waals surface area contributed by atoms with Crippen molar-refractivity contribution in [3.05, 3.63) is 52.6 Å². The highest BCUT2D eigenvalue weighted by molar-refractivity contribution is 5.79. The van der Waals surface area contributed by atoms with Crippen LogP contribution in [-0.4, -0.2) is 33.9 Å². The molecule has 120 valence electrons. The van der Waals surface area contributed by atoms with E-state index in [9.17, 15) is 4.79 Å². The third-order valence-corrected chi connectivity index (χ3v) is 5.17. The SMILES string of the molecule is Cc1cnc([C@H]2CCN(C(=O)Cc3ccc4c(c3)CCC4)C2)[nH]1. The van der Waals surface area contributed by atoms with E-state index >= 15 is 0 Å². The smallest absolute Gasteiger partial charge is 0.227 e. The van der Waals surface area contributed by atoms with E-state index in [1.54, 1.807) is 0 Å². The molecule has 1 aromatic heterocycles. The molecular weight excluding hydrogens is 286 g/mol. The molecule has 2 aromatic rings. The lowest BCUT2D eigenvalue weighted by atomic mass is 10.0. The van der Waals surface area contributed by atoms with Crippen molar-refractivity contribution in [2.24, 2.45) is 0 Å². The van der Waals surface area contributed by atoms with Crippen LogP contribution in [0.25, 0.3) is 0 Å². The molecule has 2 heterocycles. The zero-order valence-electron chi connectivity index (χ0n) is 13.6. The lowest BCUT2D eigenvalue weighted by Crippen LogP contribution is -2.30. The van der Waals surface area contributed by atoms with Gasteiger partial charge in [0.15, 0.2) is 0 Å². The van der Waals surface area contributed by atoms with Crippen LogP contribution in [0.4, 0.5) is 0 Å². The second-order valence-electron chi connectivity index (χ2n) is 6.91. The Kier molecular flexibility index (Phi) is 3.68. The van der Waals surface area contributed by atoms with Gasteiger partial charge >= 0.3 is 0 Å². The summed E-state index contributed by atoms with van der Waals surface area (Å²) in [7, 11) is 0. The first-order valence-corrected chi connectivity index (χ1v) is 8.59. The van der Waals surface area contributed by atoms with Crippen molar-refractivity contribution in [1.82, 2.24) is 14.9 Å². The first kappa shape index (κ1) is 14.5. The molecule has 23 heavy (non-hydrogen) atoms. The minimum Gasteiger partial charge on any atom is -0.346 e. The predicted molar refractivity (Wildman–Crippen MR) is 89.4 cm³/mol. The number of hydrogen-bond acceptors (Lipinski definition) is 2. The van der Waals surface area contributed by atoms with Gasteiger partial charge in [-0.15, -0.1) is 0 Å². The predicted octanol–water partition coefficient (Wildman–Crippen LogP) is 2.77. The summed E-state index contributed by atoms with van der Waals surface area (Å²) < 4.78 is 0. The number of nitrogens with one attached hydrogen (secondary N) is 1. The molecule has 1 aromatic carbocycles. The number of carbonyl (C=O) groups excluding carboxylic acids is 1. The summed E-state index contributed by atoms with van der Waals surface area (Å²) in [6.45, 7) is 3.65. The van der Waals surface area contributed by atoms with Gasteiger partial charge in [0.2, 0.25) is 5.91 Å². The Morgan fingerprint density at radius 3 is 3.04 bits per heavy atom. The number of amides is 1. The average Bonchev–Trinajstić information content (AvgIpc) is 3.26. The standard InChI is InChI=1S/C19H23N3O/c1-13-11-20-19(21-13)17-7-8-22(12-17)18(23)10-14-5-6-15-3-2-4-16(15)9-14/h5-6,9,11,17H,2-4,7-8,10,12H2,1H3,(H,20,21)/t17-/m0/s1. The third-order valence-electron chi connectivity index (χ3n) is 5.17. The van der Waals surface area contributed by atoms with Crippen molar-refractivity contribution in [2.45, 2.75) is 44.9 Å². The van der Waals surface area contributed by atoms with Crippen molar-refractivity contribution in [3.63, 3.8) is 0 Å². The molecule has 1 fully saturated rings. The number of fused-ring (bicyclic) bond motifs is 1. The van der Waals surface area contributed by atoms with Crippen LogP contribution in [0.1, 0.15) is 47.0 Å². The molecule has 4 nitrogen and oxygen atoms in total. The number of aryl methyl sites for hydroxylation is 3. The molecule has 1 N–H and O–H groups in total. The van der Waals surface area contributed by atoms with E-state index in [1.165, 1.54) is 30.4 Å². The van der Waals surface area contributed by atoms with E-state index in [1.807, 2.05) is 18.0 Å². The summed E-state index contributed by atoms with van der Waals surface area (Å²) in [4.78, 5) is 22.3. The maximum absolute atomic E-state index is 12.6. The normalized spacial score (nSPS) is 20.0. The lowest BCUT2D eigenvalue weighted by Gasteiger charge is -2.16. The summed E-state index contributed by atoms with van der Waals surface area (Å²) >= 11 is 0. The van der Waals surface area contributed by atoms with Crippen LogP contribution in [0.15, 0.2) is 24.4 Å². The summed E-state index contributed by atoms with van der Waals surface area (Å²) in [5.41, 5.74) is 5.16. The maximum Gasteiger partial charge on any atom is 0.227 e. The Balaban J connectivity index is 1.40. The van der Waals surface area contributed by atoms with Crippen LogP contribution in [0, 0.1) is 6.92 Å². The fraction of sp³-hybridized carbons (Fsp3) is 0.474. The highest BCUT2D eigenvalue weighted by atomic mass is 16.2. The van der Waals surface area contributed by atoms with Crippen molar-refractivity contribution in [1.29, 1.82) is 0 Å². The highest BCUT2D eigenvalue weighted by Crippen LogP contribution is 2.26. The number of aromatic amines is 1. The van der Waals surface area contributed by atoms with Crippen molar-refractivity contribution < 1.29 is 4.79 Å². The second-order valence-corrected chi connectivity index (χ2v) is 6.91. The molecule has 0 radical (unpaired) electrons. The van der Waals surface area contributed by atoms with E-state index in [2.05, 4.69) is 28.2 Å². The van der Waals surface area contributed by atoms with Crippen LogP contribution in [0.3, 0.4) is 0 Å². The quantitative estimate of drug-likeness (QED) is 0.948. The summed E-state index contributed by atoms with van der Waals surface area (Å²) in [6.07, 6.45) is 7.01. The van der Waals surface area contributed by atoms with Crippen molar-refractivity contribution in [2.75, 3.05) is 13.1 Å². The fourth-order valence-electron chi connectivity index (χ4n) is 3.87. The Morgan fingerprint density at radius 1 is 1.35 bits per heavy atom. The van der Waals surface area contributed by atoms with Gasteiger partial charge in [0.05, 0.1) is 6.42 Å². The van der Waals surface area contributed by atoms with Crippen LogP contribution in [0.2, 0.25) is 0 Å². The molecule has 2 aliphatic rings. The number of imidazole rings is 1. The van der Waals surface area contributed by atoms with Crippen LogP contribution >= 0.6 is 0 Å². The minimum atomic E-state index is 0.244. The molecule has 1 saturated heterocycles. The Labute approximate surface area is 136 Å². The summed E-state index contributed by atoms with van der Waals surface area (Å²) in [6, 6.07) is 6.58. The number of H-pyrrole nitrogens is 1. The van der Waals surface area contributed by atoms with Gasteiger partial charge in [-0.2, -0.15) is 0 Å². The van der Waals surface area contributed by atoms with E-state index in [-0.39, 0.29) is 5.91 Å². The van der Waals surface area contributed by atoms with Gasteiger partial charge in [-0.25, -0.2) is 4.98 Å². The molecule has 4 heteroatoms. The first-order valence-electron chi connectivity index (χ1n) is 8.59. The largest absolute Gasteiger partial charge is 0.346 e. The zero-order valence-corrected chi connectivity index (χ0v) is 13.6. The van der Waals surface area contributed by atoms with E-state index in [4.69, 9.17) is 0 Å². The molecule has 0 unspecified atom stereocenters. The van der Waals surface area contributed by atoms with E-state index in [0.29, 0.717) is 12.3 Å². The molecule has 1 atom stereocenters. The first-order chi connectivity index (χ1) is 11.2. The van der Waals surface area contributed by atoms with Gasteiger partial charge in [-0.05, 0) is 49.3 Å². The Morgan fingerprint density at radius 2 is 2.22 bits per heavy atom. The maximum atomic E-state index is 12.6. The van der Waals surface area contributed by atoms with Crippen LogP contribution in [-0.2, 0) is 24.1 Å². The molecule has 1 aliphatic heterocycles. The van der Waals surface area contributed by atoms with Gasteiger partial charge in [0, 0.05) is 30.9 Å². The summed E-state index contributed by atoms with van der Waals surface area (Å²) in [5.74, 6) is 1.62. The molecule has 0 bridgehead atoms. The fourth-order valence-corrected chi connectivity index (χ4v) is 3.87. The van der Waals surface area contributed by atoms with Gasteiger partial charge in [-0.3, -0.25) is 4.79 Å². The van der Waals surface area contributed by atoms with Crippen molar-refractivity contribution >= 4 is 5.91 Å². The van der Waals surface area contributed by atoms with Gasteiger partial charge < -0.3 is 9.88 Å². The summed E-state index contributed by atoms with van der Waals surface area (Å²) in [5, 5.41) is 0. The van der Waals surface area contributed by atoms with Gasteiger partial charge in [0.25, 0.3) is 0 Å². The Hall–Kier alpha value is -2.10. The molecule has 1 aliphatic carbocycles. The Bertz CT molecular complexity index is 734. The van der Waals surface area contributed by atoms with Crippen molar-refractivity contribution in [3.8, 4) is 0 Å². The molecule has 4 rings (SSSR count). The number of rotatable bonds is 3. The highest BCUT2D eigenvalue weighted by Gasteiger charge is 2.29. The average molecular weight is 309 g/mol. The number of benzene rings is 1. The van der Waals surface area contributed by atoms with E-state index < -0.39 is 0 Å². The monoisotopic (exact) mass is 309 g/mol. The van der Waals surface area contributed by atoms with Crippen LogP contribution < -0.4 is 0 Å². The number of hydrogen-bond donors (Lipinski definition) is 1. The number of aromatic nitrogens is 2. The topological polar surface area (TPSA) is 49.0 Å². The molecular formula is C19H23N3O. The van der Waals surface area contributed by atoms with E-state index in [0.717, 1.165) is 36.6 Å². The zero-order chi connectivity index (χ0) is 15.8. The molecule has 1 amide bonds.